The van der Waals surface area contributed by atoms with Gasteiger partial charge in [0.05, 0.1) is 0 Å². The van der Waals surface area contributed by atoms with E-state index in [-0.39, 0.29) is 11.8 Å². The highest BCUT2D eigenvalue weighted by atomic mass is 79.9. The number of rotatable bonds is 3. The Hall–Kier alpha value is 0.230. The molecule has 0 aliphatic carbocycles. The molecule has 14 heavy (non-hydrogen) atoms. The van der Waals surface area contributed by atoms with Crippen LogP contribution in [0, 0.1) is 11.8 Å². The molecular weight excluding hydrogens is 261 g/mol. The van der Waals surface area contributed by atoms with Gasteiger partial charge in [0, 0.05) is 25.0 Å². The molecule has 1 unspecified atom stereocenters. The van der Waals surface area contributed by atoms with Crippen LogP contribution >= 0.6 is 15.9 Å². The summed E-state index contributed by atoms with van der Waals surface area (Å²) in [6.45, 7) is 1.21. The third kappa shape index (κ3) is 4.17. The van der Waals surface area contributed by atoms with Gasteiger partial charge in [-0.15, -0.1) is 0 Å². The maximum absolute atomic E-state index is 12.2. The molecule has 1 aliphatic rings. The summed E-state index contributed by atoms with van der Waals surface area (Å²) in [6.07, 6.45) is -3.21. The van der Waals surface area contributed by atoms with Gasteiger partial charge in [0.15, 0.2) is 0 Å². The van der Waals surface area contributed by atoms with Crippen LogP contribution < -0.4 is 0 Å². The van der Waals surface area contributed by atoms with E-state index in [1.165, 1.54) is 0 Å². The minimum atomic E-state index is -4.04. The molecule has 0 aromatic carbocycles. The molecule has 0 aromatic heterocycles. The van der Waals surface area contributed by atoms with Crippen LogP contribution in [0.2, 0.25) is 0 Å². The van der Waals surface area contributed by atoms with E-state index < -0.39 is 12.6 Å². The van der Waals surface area contributed by atoms with Gasteiger partial charge < -0.3 is 4.74 Å². The fourth-order valence-corrected chi connectivity index (χ4v) is 2.59. The third-order valence-electron chi connectivity index (χ3n) is 2.62. The highest BCUT2D eigenvalue weighted by Gasteiger charge is 2.35. The lowest BCUT2D eigenvalue weighted by Gasteiger charge is -2.29. The van der Waals surface area contributed by atoms with Gasteiger partial charge >= 0.3 is 6.18 Å². The molecule has 1 fully saturated rings. The molecule has 1 nitrogen and oxygen atoms in total. The van der Waals surface area contributed by atoms with Crippen molar-refractivity contribution in [1.29, 1.82) is 0 Å². The van der Waals surface area contributed by atoms with Crippen molar-refractivity contribution in [3.8, 4) is 0 Å². The predicted octanol–water partition coefficient (Wildman–Crippen LogP) is 3.38. The van der Waals surface area contributed by atoms with E-state index in [1.807, 2.05) is 0 Å². The smallest absolute Gasteiger partial charge is 0.381 e. The molecule has 0 spiro atoms. The monoisotopic (exact) mass is 274 g/mol. The Morgan fingerprint density at radius 2 is 1.86 bits per heavy atom. The standard InChI is InChI=1S/C9H14BrF3O/c10-6-8(5-9(11,12)13)7-1-3-14-4-2-7/h7-8H,1-6H2. The molecular formula is C9H14BrF3O. The molecule has 1 heterocycles. The Morgan fingerprint density at radius 3 is 2.29 bits per heavy atom. The molecule has 0 saturated carbocycles. The van der Waals surface area contributed by atoms with Gasteiger partial charge in [0.25, 0.3) is 0 Å². The summed E-state index contributed by atoms with van der Waals surface area (Å²) in [5.74, 6) is -0.136. The molecule has 0 radical (unpaired) electrons. The van der Waals surface area contributed by atoms with Crippen molar-refractivity contribution in [3.05, 3.63) is 0 Å². The van der Waals surface area contributed by atoms with Crippen molar-refractivity contribution in [2.75, 3.05) is 18.5 Å². The van der Waals surface area contributed by atoms with E-state index in [0.717, 1.165) is 12.8 Å². The van der Waals surface area contributed by atoms with Crippen LogP contribution in [0.25, 0.3) is 0 Å². The maximum Gasteiger partial charge on any atom is 0.389 e. The van der Waals surface area contributed by atoms with Crippen molar-refractivity contribution < 1.29 is 17.9 Å². The summed E-state index contributed by atoms with van der Waals surface area (Å²) in [5.41, 5.74) is 0. The van der Waals surface area contributed by atoms with E-state index in [1.54, 1.807) is 0 Å². The molecule has 1 saturated heterocycles. The van der Waals surface area contributed by atoms with E-state index >= 15 is 0 Å². The molecule has 0 N–H and O–H groups in total. The zero-order valence-electron chi connectivity index (χ0n) is 7.82. The van der Waals surface area contributed by atoms with Crippen LogP contribution in [0.4, 0.5) is 13.2 Å². The molecule has 5 heteroatoms. The molecule has 0 aromatic rings. The molecule has 84 valence electrons. The second-order valence-corrected chi connectivity index (χ2v) is 4.33. The van der Waals surface area contributed by atoms with Crippen molar-refractivity contribution in [3.63, 3.8) is 0 Å². The first-order chi connectivity index (χ1) is 6.53. The maximum atomic E-state index is 12.2. The van der Waals surface area contributed by atoms with Crippen LogP contribution in [-0.4, -0.2) is 24.7 Å². The highest BCUT2D eigenvalue weighted by molar-refractivity contribution is 9.09. The van der Waals surface area contributed by atoms with Crippen LogP contribution in [-0.2, 0) is 4.74 Å². The Morgan fingerprint density at radius 1 is 1.29 bits per heavy atom. The molecule has 0 amide bonds. The summed E-state index contributed by atoms with van der Waals surface area (Å²) in [4.78, 5) is 0. The van der Waals surface area contributed by atoms with Crippen LogP contribution in [0.1, 0.15) is 19.3 Å². The molecule has 0 bridgehead atoms. The Balaban J connectivity index is 2.43. The second-order valence-electron chi connectivity index (χ2n) is 3.68. The molecule has 1 rings (SSSR count). The number of hydrogen-bond acceptors (Lipinski definition) is 1. The average Bonchev–Trinajstić information content (AvgIpc) is 2.14. The minimum Gasteiger partial charge on any atom is -0.381 e. The van der Waals surface area contributed by atoms with Gasteiger partial charge in [-0.3, -0.25) is 0 Å². The SMILES string of the molecule is FC(F)(F)CC(CBr)C1CCOCC1. The van der Waals surface area contributed by atoms with Crippen molar-refractivity contribution in [1.82, 2.24) is 0 Å². The highest BCUT2D eigenvalue weighted by Crippen LogP contribution is 2.34. The lowest BCUT2D eigenvalue weighted by molar-refractivity contribution is -0.148. The zero-order chi connectivity index (χ0) is 10.6. The van der Waals surface area contributed by atoms with Crippen LogP contribution in [0.3, 0.4) is 0 Å². The topological polar surface area (TPSA) is 9.23 Å². The summed E-state index contributed by atoms with van der Waals surface area (Å²) in [6, 6.07) is 0. The van der Waals surface area contributed by atoms with Crippen LogP contribution in [0.5, 0.6) is 0 Å². The largest absolute Gasteiger partial charge is 0.389 e. The van der Waals surface area contributed by atoms with Gasteiger partial charge in [-0.25, -0.2) is 0 Å². The van der Waals surface area contributed by atoms with Gasteiger partial charge in [-0.05, 0) is 24.7 Å². The average molecular weight is 275 g/mol. The van der Waals surface area contributed by atoms with Crippen molar-refractivity contribution in [2.45, 2.75) is 25.4 Å². The van der Waals surface area contributed by atoms with Crippen molar-refractivity contribution in [2.24, 2.45) is 11.8 Å². The van der Waals surface area contributed by atoms with E-state index in [9.17, 15) is 13.2 Å². The first kappa shape index (κ1) is 12.3. The number of alkyl halides is 4. The second kappa shape index (κ2) is 5.35. The number of ether oxygens (including phenoxy) is 1. The third-order valence-corrected chi connectivity index (χ3v) is 3.46. The molecule has 1 aliphatic heterocycles. The van der Waals surface area contributed by atoms with Gasteiger partial charge in [0.1, 0.15) is 0 Å². The fraction of sp³-hybridized carbons (Fsp3) is 1.00. The fourth-order valence-electron chi connectivity index (χ4n) is 1.83. The van der Waals surface area contributed by atoms with E-state index in [0.29, 0.717) is 18.5 Å². The normalized spacial score (nSPS) is 22.3. The van der Waals surface area contributed by atoms with Gasteiger partial charge in [0.2, 0.25) is 0 Å². The summed E-state index contributed by atoms with van der Waals surface area (Å²) >= 11 is 3.16. The van der Waals surface area contributed by atoms with Gasteiger partial charge in [-0.2, -0.15) is 13.2 Å². The number of halogens is 4. The predicted molar refractivity (Wildman–Crippen MR) is 51.5 cm³/mol. The Kier molecular flexibility index (Phi) is 4.70. The van der Waals surface area contributed by atoms with E-state index in [4.69, 9.17) is 4.74 Å². The summed E-state index contributed by atoms with van der Waals surface area (Å²) in [7, 11) is 0. The minimum absolute atomic E-state index is 0.157. The van der Waals surface area contributed by atoms with E-state index in [2.05, 4.69) is 15.9 Å². The Labute approximate surface area is 90.1 Å². The van der Waals surface area contributed by atoms with Gasteiger partial charge in [-0.1, -0.05) is 15.9 Å². The van der Waals surface area contributed by atoms with Crippen molar-refractivity contribution >= 4 is 15.9 Å². The quantitative estimate of drug-likeness (QED) is 0.717. The number of hydrogen-bond donors (Lipinski definition) is 0. The first-order valence-corrected chi connectivity index (χ1v) is 5.85. The summed E-state index contributed by atoms with van der Waals surface area (Å²) in [5, 5.41) is 0.428. The lowest BCUT2D eigenvalue weighted by Crippen LogP contribution is -2.28. The molecule has 1 atom stereocenters. The lowest BCUT2D eigenvalue weighted by atomic mass is 9.85. The summed E-state index contributed by atoms with van der Waals surface area (Å²) < 4.78 is 41.7. The van der Waals surface area contributed by atoms with Crippen LogP contribution in [0.15, 0.2) is 0 Å². The first-order valence-electron chi connectivity index (χ1n) is 4.73. The zero-order valence-corrected chi connectivity index (χ0v) is 9.40. The Bertz CT molecular complexity index is 166.